The minimum atomic E-state index is -0.207. The monoisotopic (exact) mass is 132 g/mol. The lowest BCUT2D eigenvalue weighted by atomic mass is 9.92. The lowest BCUT2D eigenvalue weighted by molar-refractivity contribution is -0.123. The number of thiol groups is 1. The van der Waals surface area contributed by atoms with Crippen LogP contribution in [0.5, 0.6) is 0 Å². The van der Waals surface area contributed by atoms with Crippen molar-refractivity contribution in [2.75, 3.05) is 5.75 Å². The summed E-state index contributed by atoms with van der Waals surface area (Å²) in [5.74, 6) is 0.546. The molecule has 0 rings (SSSR count). The van der Waals surface area contributed by atoms with Crippen LogP contribution in [-0.4, -0.2) is 11.5 Å². The second-order valence-corrected chi connectivity index (χ2v) is 3.15. The second kappa shape index (κ2) is 2.53. The highest BCUT2D eigenvalue weighted by molar-refractivity contribution is 7.81. The van der Waals surface area contributed by atoms with Crippen molar-refractivity contribution < 1.29 is 4.79 Å². The number of ketones is 1. The van der Waals surface area contributed by atoms with Crippen LogP contribution in [-0.2, 0) is 4.79 Å². The van der Waals surface area contributed by atoms with Crippen LogP contribution in [0.1, 0.15) is 20.8 Å². The van der Waals surface area contributed by atoms with Crippen molar-refractivity contribution in [1.82, 2.24) is 0 Å². The molecule has 0 fully saturated rings. The molecule has 0 aliphatic carbocycles. The zero-order chi connectivity index (χ0) is 6.78. The summed E-state index contributed by atoms with van der Waals surface area (Å²) >= 11 is 3.86. The molecular formula is C6H12OS. The highest BCUT2D eigenvalue weighted by Crippen LogP contribution is 2.14. The topological polar surface area (TPSA) is 17.1 Å². The van der Waals surface area contributed by atoms with Crippen molar-refractivity contribution >= 4 is 18.4 Å². The first-order chi connectivity index (χ1) is 3.48. The summed E-state index contributed by atoms with van der Waals surface area (Å²) < 4.78 is 0. The third kappa shape index (κ3) is 2.36. The van der Waals surface area contributed by atoms with E-state index in [0.29, 0.717) is 5.75 Å². The van der Waals surface area contributed by atoms with E-state index < -0.39 is 0 Å². The van der Waals surface area contributed by atoms with Gasteiger partial charge in [0.15, 0.2) is 0 Å². The maximum Gasteiger partial charge on any atom is 0.147 e. The van der Waals surface area contributed by atoms with Crippen LogP contribution in [0.25, 0.3) is 0 Å². The van der Waals surface area contributed by atoms with Gasteiger partial charge >= 0.3 is 0 Å². The second-order valence-electron chi connectivity index (χ2n) is 2.83. The highest BCUT2D eigenvalue weighted by Gasteiger charge is 2.18. The summed E-state index contributed by atoms with van der Waals surface area (Å²) in [7, 11) is 0. The fraction of sp³-hybridized carbons (Fsp3) is 0.833. The molecule has 0 N–H and O–H groups in total. The fourth-order valence-corrected chi connectivity index (χ4v) is 0.712. The van der Waals surface area contributed by atoms with E-state index in [1.807, 2.05) is 20.8 Å². The maximum absolute atomic E-state index is 10.8. The van der Waals surface area contributed by atoms with Gasteiger partial charge in [-0.1, -0.05) is 20.8 Å². The minimum Gasteiger partial charge on any atom is -0.298 e. The molecule has 48 valence electrons. The molecule has 0 radical (unpaired) electrons. The zero-order valence-corrected chi connectivity index (χ0v) is 6.46. The van der Waals surface area contributed by atoms with Gasteiger partial charge in [-0.15, -0.1) is 0 Å². The molecule has 0 aliphatic rings. The molecule has 1 nitrogen and oxygen atoms in total. The molecule has 0 spiro atoms. The first-order valence-electron chi connectivity index (χ1n) is 2.62. The van der Waals surface area contributed by atoms with Gasteiger partial charge in [-0.25, -0.2) is 0 Å². The summed E-state index contributed by atoms with van der Waals surface area (Å²) in [5, 5.41) is 0. The lowest BCUT2D eigenvalue weighted by Crippen LogP contribution is -2.20. The number of Topliss-reactive ketones (excluding diaryl/α,β-unsaturated/α-hetero) is 1. The molecule has 0 aliphatic heterocycles. The summed E-state index contributed by atoms with van der Waals surface area (Å²) in [4.78, 5) is 10.8. The van der Waals surface area contributed by atoms with Gasteiger partial charge in [0.1, 0.15) is 5.78 Å². The minimum absolute atomic E-state index is 0.195. The van der Waals surface area contributed by atoms with Crippen LogP contribution < -0.4 is 0 Å². The largest absolute Gasteiger partial charge is 0.298 e. The van der Waals surface area contributed by atoms with Crippen LogP contribution >= 0.6 is 12.6 Å². The van der Waals surface area contributed by atoms with Crippen LogP contribution in [0, 0.1) is 5.41 Å². The summed E-state index contributed by atoms with van der Waals surface area (Å²) in [6, 6.07) is 0. The molecule has 0 amide bonds. The Kier molecular flexibility index (Phi) is 2.54. The van der Waals surface area contributed by atoms with Gasteiger partial charge in [0.2, 0.25) is 0 Å². The lowest BCUT2D eigenvalue weighted by Gasteiger charge is -2.13. The number of hydrogen-bond acceptors (Lipinski definition) is 2. The highest BCUT2D eigenvalue weighted by atomic mass is 32.1. The van der Waals surface area contributed by atoms with Crippen LogP contribution in [0.15, 0.2) is 0 Å². The molecule has 8 heavy (non-hydrogen) atoms. The first kappa shape index (κ1) is 8.02. The smallest absolute Gasteiger partial charge is 0.147 e. The van der Waals surface area contributed by atoms with E-state index in [2.05, 4.69) is 12.6 Å². The van der Waals surface area contributed by atoms with Gasteiger partial charge in [0.25, 0.3) is 0 Å². The van der Waals surface area contributed by atoms with Crippen molar-refractivity contribution in [3.05, 3.63) is 0 Å². The predicted molar refractivity (Wildman–Crippen MR) is 38.3 cm³/mol. The van der Waals surface area contributed by atoms with E-state index in [4.69, 9.17) is 0 Å². The average Bonchev–Trinajstić information content (AvgIpc) is 1.62. The number of hydrogen-bond donors (Lipinski definition) is 1. The molecule has 0 aromatic rings. The van der Waals surface area contributed by atoms with Crippen LogP contribution in [0.2, 0.25) is 0 Å². The fourth-order valence-electron chi connectivity index (χ4n) is 0.237. The van der Waals surface area contributed by atoms with Crippen molar-refractivity contribution in [2.45, 2.75) is 20.8 Å². The molecule has 0 saturated heterocycles. The van der Waals surface area contributed by atoms with Gasteiger partial charge in [0, 0.05) is 11.2 Å². The Morgan fingerprint density at radius 1 is 1.50 bits per heavy atom. The van der Waals surface area contributed by atoms with E-state index in [-0.39, 0.29) is 11.2 Å². The Bertz CT molecular complexity index is 91.2. The van der Waals surface area contributed by atoms with Gasteiger partial charge < -0.3 is 0 Å². The molecule has 0 atom stereocenters. The number of rotatable bonds is 1. The molecule has 0 aromatic heterocycles. The van der Waals surface area contributed by atoms with Gasteiger partial charge in [-0.2, -0.15) is 12.6 Å². The van der Waals surface area contributed by atoms with E-state index in [1.165, 1.54) is 0 Å². The molecule has 0 saturated carbocycles. The summed E-state index contributed by atoms with van der Waals surface area (Å²) in [5.41, 5.74) is -0.207. The molecule has 0 aromatic carbocycles. The standard InChI is InChI=1S/C6H12OS/c1-6(2,3)5(7)4-8/h8H,4H2,1-3H3. The molecular weight excluding hydrogens is 120 g/mol. The van der Waals surface area contributed by atoms with E-state index in [1.54, 1.807) is 0 Å². The number of carbonyl (C=O) groups is 1. The van der Waals surface area contributed by atoms with Crippen molar-refractivity contribution in [3.8, 4) is 0 Å². The van der Waals surface area contributed by atoms with Gasteiger partial charge in [0.05, 0.1) is 0 Å². The maximum atomic E-state index is 10.8. The van der Waals surface area contributed by atoms with Crippen LogP contribution in [0.4, 0.5) is 0 Å². The number of carbonyl (C=O) groups excluding carboxylic acids is 1. The van der Waals surface area contributed by atoms with Gasteiger partial charge in [-0.3, -0.25) is 4.79 Å². The van der Waals surface area contributed by atoms with Crippen molar-refractivity contribution in [3.63, 3.8) is 0 Å². The normalized spacial score (nSPS) is 11.5. The Hall–Kier alpha value is 0.0200. The SMILES string of the molecule is CC(C)(C)C(=O)CS. The summed E-state index contributed by atoms with van der Waals surface area (Å²) in [6.45, 7) is 5.68. The van der Waals surface area contributed by atoms with Gasteiger partial charge in [-0.05, 0) is 0 Å². The third-order valence-corrected chi connectivity index (χ3v) is 1.27. The van der Waals surface area contributed by atoms with Crippen molar-refractivity contribution in [1.29, 1.82) is 0 Å². The van der Waals surface area contributed by atoms with Crippen molar-refractivity contribution in [2.24, 2.45) is 5.41 Å². The molecule has 2 heteroatoms. The molecule has 0 unspecified atom stereocenters. The average molecular weight is 132 g/mol. The molecule has 0 bridgehead atoms. The van der Waals surface area contributed by atoms with E-state index in [9.17, 15) is 4.79 Å². The predicted octanol–water partition coefficient (Wildman–Crippen LogP) is 1.53. The Labute approximate surface area is 55.9 Å². The van der Waals surface area contributed by atoms with Crippen LogP contribution in [0.3, 0.4) is 0 Å². The Morgan fingerprint density at radius 2 is 1.88 bits per heavy atom. The summed E-state index contributed by atoms with van der Waals surface area (Å²) in [6.07, 6.45) is 0. The Morgan fingerprint density at radius 3 is 1.88 bits per heavy atom. The third-order valence-electron chi connectivity index (χ3n) is 0.980. The Balaban J connectivity index is 3.82. The quantitative estimate of drug-likeness (QED) is 0.535. The van der Waals surface area contributed by atoms with E-state index >= 15 is 0 Å². The van der Waals surface area contributed by atoms with E-state index in [0.717, 1.165) is 0 Å². The molecule has 0 heterocycles. The first-order valence-corrected chi connectivity index (χ1v) is 3.26. The zero-order valence-electron chi connectivity index (χ0n) is 5.56.